The molecule has 4 heteroatoms. The highest BCUT2D eigenvalue weighted by Gasteiger charge is 2.24. The van der Waals surface area contributed by atoms with Gasteiger partial charge in [0.2, 0.25) is 0 Å². The molecule has 0 unspecified atom stereocenters. The van der Waals surface area contributed by atoms with Crippen molar-refractivity contribution in [1.82, 2.24) is 9.88 Å². The molecule has 3 rings (SSSR count). The van der Waals surface area contributed by atoms with E-state index in [1.807, 2.05) is 11.3 Å². The van der Waals surface area contributed by atoms with Crippen LogP contribution in [-0.2, 0) is 13.0 Å². The lowest BCUT2D eigenvalue weighted by Gasteiger charge is -2.23. The van der Waals surface area contributed by atoms with Crippen molar-refractivity contribution in [3.05, 3.63) is 10.6 Å². The van der Waals surface area contributed by atoms with Gasteiger partial charge in [0.15, 0.2) is 5.13 Å². The number of likely N-dealkylation sites (N-methyl/N-ethyl adjacent to an activating group) is 1. The van der Waals surface area contributed by atoms with Gasteiger partial charge in [0.25, 0.3) is 0 Å². The fourth-order valence-corrected chi connectivity index (χ4v) is 3.02. The van der Waals surface area contributed by atoms with Crippen LogP contribution >= 0.6 is 11.3 Å². The van der Waals surface area contributed by atoms with Crippen molar-refractivity contribution in [2.45, 2.75) is 38.8 Å². The van der Waals surface area contributed by atoms with Gasteiger partial charge in [-0.15, -0.1) is 11.3 Å². The molecule has 2 heterocycles. The largest absolute Gasteiger partial charge is 0.359 e. The number of nitrogens with zero attached hydrogens (tertiary/aromatic N) is 2. The Morgan fingerprint density at radius 1 is 1.53 bits per heavy atom. The number of hydrogen-bond donors (Lipinski definition) is 1. The van der Waals surface area contributed by atoms with Crippen molar-refractivity contribution in [1.29, 1.82) is 0 Å². The molecule has 1 N–H and O–H groups in total. The average molecular weight is 223 g/mol. The third-order valence-electron chi connectivity index (χ3n) is 3.16. The van der Waals surface area contributed by atoms with Crippen molar-refractivity contribution in [2.75, 3.05) is 18.4 Å². The summed E-state index contributed by atoms with van der Waals surface area (Å²) in [5.74, 6) is 0. The smallest absolute Gasteiger partial charge is 0.183 e. The number of fused-ring (bicyclic) bond motifs is 1. The Hall–Kier alpha value is -0.610. The van der Waals surface area contributed by atoms with E-state index in [2.05, 4.69) is 17.1 Å². The summed E-state index contributed by atoms with van der Waals surface area (Å²) in [7, 11) is 0. The molecule has 1 fully saturated rings. The first-order valence-electron chi connectivity index (χ1n) is 5.82. The lowest BCUT2D eigenvalue weighted by molar-refractivity contribution is 0.266. The zero-order valence-electron chi connectivity index (χ0n) is 9.12. The fourth-order valence-electron chi connectivity index (χ4n) is 1.99. The second-order valence-electron chi connectivity index (χ2n) is 4.43. The first-order valence-corrected chi connectivity index (χ1v) is 6.64. The summed E-state index contributed by atoms with van der Waals surface area (Å²) in [5, 5.41) is 4.65. The van der Waals surface area contributed by atoms with E-state index in [0.717, 1.165) is 24.3 Å². The number of anilines is 1. The van der Waals surface area contributed by atoms with Crippen LogP contribution in [0.15, 0.2) is 0 Å². The van der Waals surface area contributed by atoms with Crippen molar-refractivity contribution in [3.63, 3.8) is 0 Å². The zero-order valence-corrected chi connectivity index (χ0v) is 9.94. The van der Waals surface area contributed by atoms with Crippen LogP contribution in [0.1, 0.15) is 30.3 Å². The first kappa shape index (κ1) is 9.60. The minimum Gasteiger partial charge on any atom is -0.359 e. The molecule has 82 valence electrons. The van der Waals surface area contributed by atoms with Gasteiger partial charge >= 0.3 is 0 Å². The molecule has 0 atom stereocenters. The molecule has 1 aliphatic heterocycles. The van der Waals surface area contributed by atoms with Crippen LogP contribution in [0.3, 0.4) is 0 Å². The van der Waals surface area contributed by atoms with E-state index >= 15 is 0 Å². The number of thiazole rings is 1. The van der Waals surface area contributed by atoms with Crippen molar-refractivity contribution < 1.29 is 0 Å². The fraction of sp³-hybridized carbons (Fsp3) is 0.727. The summed E-state index contributed by atoms with van der Waals surface area (Å²) in [6, 6.07) is 0.722. The summed E-state index contributed by atoms with van der Waals surface area (Å²) >= 11 is 1.87. The third-order valence-corrected chi connectivity index (χ3v) is 4.25. The van der Waals surface area contributed by atoms with E-state index in [0.29, 0.717) is 0 Å². The zero-order chi connectivity index (χ0) is 10.3. The molecule has 2 aliphatic rings. The van der Waals surface area contributed by atoms with Crippen LogP contribution in [-0.4, -0.2) is 29.0 Å². The predicted molar refractivity (Wildman–Crippen MR) is 63.4 cm³/mol. The predicted octanol–water partition coefficient (Wildman–Crippen LogP) is 2.10. The highest BCUT2D eigenvalue weighted by molar-refractivity contribution is 7.15. The van der Waals surface area contributed by atoms with Gasteiger partial charge in [0.05, 0.1) is 5.69 Å². The summed E-state index contributed by atoms with van der Waals surface area (Å²) in [6.07, 6.45) is 3.84. The van der Waals surface area contributed by atoms with Gasteiger partial charge in [-0.2, -0.15) is 0 Å². The summed E-state index contributed by atoms with van der Waals surface area (Å²) in [5.41, 5.74) is 1.32. The monoisotopic (exact) mass is 223 g/mol. The van der Waals surface area contributed by atoms with E-state index in [1.54, 1.807) is 0 Å². The topological polar surface area (TPSA) is 28.2 Å². The average Bonchev–Trinajstić information content (AvgIpc) is 2.96. The Bertz CT molecular complexity index is 357. The standard InChI is InChI=1S/C11H17N3S/c1-2-14-6-5-10-9(7-14)13-11(15-10)12-8-3-4-8/h8H,2-7H2,1H3,(H,12,13). The molecule has 1 saturated carbocycles. The highest BCUT2D eigenvalue weighted by atomic mass is 32.1. The number of rotatable bonds is 3. The molecule has 15 heavy (non-hydrogen) atoms. The van der Waals surface area contributed by atoms with Gasteiger partial charge in [-0.05, 0) is 25.8 Å². The van der Waals surface area contributed by atoms with Crippen LogP contribution in [0, 0.1) is 0 Å². The molecule has 0 spiro atoms. The van der Waals surface area contributed by atoms with Crippen LogP contribution in [0.25, 0.3) is 0 Å². The molecule has 1 aliphatic carbocycles. The first-order chi connectivity index (χ1) is 7.35. The van der Waals surface area contributed by atoms with Crippen molar-refractivity contribution >= 4 is 16.5 Å². The number of hydrogen-bond acceptors (Lipinski definition) is 4. The van der Waals surface area contributed by atoms with E-state index in [1.165, 1.54) is 36.4 Å². The third kappa shape index (κ3) is 2.01. The van der Waals surface area contributed by atoms with Crippen molar-refractivity contribution in [3.8, 4) is 0 Å². The highest BCUT2D eigenvalue weighted by Crippen LogP contribution is 2.31. The molecule has 0 saturated heterocycles. The lowest BCUT2D eigenvalue weighted by Crippen LogP contribution is -2.29. The van der Waals surface area contributed by atoms with Crippen LogP contribution in [0.2, 0.25) is 0 Å². The minimum absolute atomic E-state index is 0.722. The molecule has 0 amide bonds. The Kier molecular flexibility index (Phi) is 2.41. The molecule has 0 bridgehead atoms. The Balaban J connectivity index is 1.75. The van der Waals surface area contributed by atoms with Gasteiger partial charge in [-0.3, -0.25) is 4.90 Å². The SMILES string of the molecule is CCN1CCc2sc(NC3CC3)nc2C1. The van der Waals surface area contributed by atoms with Gasteiger partial charge in [0, 0.05) is 24.0 Å². The van der Waals surface area contributed by atoms with Gasteiger partial charge in [-0.25, -0.2) is 4.98 Å². The minimum atomic E-state index is 0.722. The van der Waals surface area contributed by atoms with Gasteiger partial charge < -0.3 is 5.32 Å². The van der Waals surface area contributed by atoms with Crippen molar-refractivity contribution in [2.24, 2.45) is 0 Å². The van der Waals surface area contributed by atoms with Gasteiger partial charge in [-0.1, -0.05) is 6.92 Å². The number of nitrogens with one attached hydrogen (secondary N) is 1. The number of aromatic nitrogens is 1. The van der Waals surface area contributed by atoms with Crippen LogP contribution in [0.5, 0.6) is 0 Å². The maximum atomic E-state index is 4.69. The molecule has 1 aromatic heterocycles. The molecular formula is C11H17N3S. The van der Waals surface area contributed by atoms with Crippen LogP contribution in [0.4, 0.5) is 5.13 Å². The van der Waals surface area contributed by atoms with E-state index in [9.17, 15) is 0 Å². The van der Waals surface area contributed by atoms with Gasteiger partial charge in [0.1, 0.15) is 0 Å². The molecule has 0 radical (unpaired) electrons. The van der Waals surface area contributed by atoms with Crippen LogP contribution < -0.4 is 5.32 Å². The maximum Gasteiger partial charge on any atom is 0.183 e. The van der Waals surface area contributed by atoms with E-state index in [4.69, 9.17) is 4.98 Å². The Morgan fingerprint density at radius 2 is 2.40 bits per heavy atom. The second kappa shape index (κ2) is 3.76. The summed E-state index contributed by atoms with van der Waals surface area (Å²) < 4.78 is 0. The van der Waals surface area contributed by atoms with E-state index < -0.39 is 0 Å². The summed E-state index contributed by atoms with van der Waals surface area (Å²) in [4.78, 5) is 8.66. The Morgan fingerprint density at radius 3 is 3.13 bits per heavy atom. The van der Waals surface area contributed by atoms with E-state index in [-0.39, 0.29) is 0 Å². The summed E-state index contributed by atoms with van der Waals surface area (Å²) in [6.45, 7) is 5.62. The molecule has 1 aromatic rings. The maximum absolute atomic E-state index is 4.69. The normalized spacial score (nSPS) is 21.4. The molecular weight excluding hydrogens is 206 g/mol. The molecule has 3 nitrogen and oxygen atoms in total. The lowest BCUT2D eigenvalue weighted by atomic mass is 10.2. The molecule has 0 aromatic carbocycles. The second-order valence-corrected chi connectivity index (χ2v) is 5.51. The quantitative estimate of drug-likeness (QED) is 0.850. The Labute approximate surface area is 94.5 Å².